The number of ether oxygens (including phenoxy) is 4. The van der Waals surface area contributed by atoms with Crippen LogP contribution in [0.2, 0.25) is 0 Å². The van der Waals surface area contributed by atoms with Gasteiger partial charge in [-0.25, -0.2) is 4.79 Å². The van der Waals surface area contributed by atoms with Gasteiger partial charge in [-0.2, -0.15) is 0 Å². The second-order valence-corrected chi connectivity index (χ2v) is 7.73. The summed E-state index contributed by atoms with van der Waals surface area (Å²) in [7, 11) is 0. The van der Waals surface area contributed by atoms with Crippen LogP contribution < -0.4 is 0 Å². The summed E-state index contributed by atoms with van der Waals surface area (Å²) < 4.78 is 22.2. The molecular weight excluding hydrogens is 372 g/mol. The lowest BCUT2D eigenvalue weighted by atomic mass is 9.80. The molecule has 4 aliphatic heterocycles. The molecule has 0 amide bonds. The van der Waals surface area contributed by atoms with Crippen molar-refractivity contribution in [1.82, 2.24) is 0 Å². The molecule has 0 radical (unpaired) electrons. The highest BCUT2D eigenvalue weighted by atomic mass is 16.8. The van der Waals surface area contributed by atoms with Crippen LogP contribution in [0.5, 0.6) is 0 Å². The molecule has 7 atom stereocenters. The Morgan fingerprint density at radius 2 is 2.21 bits per heavy atom. The fourth-order valence-corrected chi connectivity index (χ4v) is 4.25. The van der Waals surface area contributed by atoms with Crippen LogP contribution >= 0.6 is 0 Å². The second-order valence-electron chi connectivity index (χ2n) is 7.73. The third kappa shape index (κ3) is 2.94. The fourth-order valence-electron chi connectivity index (χ4n) is 4.25. The lowest BCUT2D eigenvalue weighted by molar-refractivity contribution is -0.179. The minimum atomic E-state index is -1.62. The maximum Gasteiger partial charge on any atom is 0.334 e. The first-order valence-corrected chi connectivity index (χ1v) is 9.14. The third-order valence-corrected chi connectivity index (χ3v) is 6.00. The van der Waals surface area contributed by atoms with E-state index in [9.17, 15) is 25.2 Å². The molecule has 0 aromatic carbocycles. The van der Waals surface area contributed by atoms with E-state index in [1.807, 2.05) is 0 Å². The summed E-state index contributed by atoms with van der Waals surface area (Å²) >= 11 is 0. The number of aliphatic hydroxyl groups is 4. The smallest absolute Gasteiger partial charge is 0.334 e. The summed E-state index contributed by atoms with van der Waals surface area (Å²) in [6, 6.07) is 0. The summed E-state index contributed by atoms with van der Waals surface area (Å²) in [5, 5.41) is 40.8. The summed E-state index contributed by atoms with van der Waals surface area (Å²) in [6.07, 6.45) is -2.33. The molecule has 154 valence electrons. The van der Waals surface area contributed by atoms with Gasteiger partial charge < -0.3 is 39.4 Å². The average Bonchev–Trinajstić information content (AvgIpc) is 3.14. The van der Waals surface area contributed by atoms with E-state index in [1.54, 1.807) is 6.08 Å². The van der Waals surface area contributed by atoms with E-state index in [0.717, 1.165) is 5.57 Å². The molecular formula is C19H24O9. The summed E-state index contributed by atoms with van der Waals surface area (Å²) in [4.78, 5) is 12.2. The number of hydrogen-bond donors (Lipinski definition) is 4. The molecule has 1 aliphatic carbocycles. The molecule has 0 aromatic heterocycles. The Morgan fingerprint density at radius 3 is 2.93 bits per heavy atom. The molecule has 1 spiro atoms. The van der Waals surface area contributed by atoms with Gasteiger partial charge in [0.25, 0.3) is 0 Å². The first-order chi connectivity index (χ1) is 13.2. The summed E-state index contributed by atoms with van der Waals surface area (Å²) in [5.74, 6) is -2.89. The van der Waals surface area contributed by atoms with E-state index in [1.165, 1.54) is 0 Å². The van der Waals surface area contributed by atoms with E-state index in [0.29, 0.717) is 6.42 Å². The van der Waals surface area contributed by atoms with Crippen LogP contribution in [0.3, 0.4) is 0 Å². The van der Waals surface area contributed by atoms with Gasteiger partial charge in [0.1, 0.15) is 6.10 Å². The Labute approximate surface area is 161 Å². The monoisotopic (exact) mass is 396 g/mol. The normalized spacial score (nSPS) is 45.2. The molecule has 9 nitrogen and oxygen atoms in total. The van der Waals surface area contributed by atoms with Crippen LogP contribution in [0.15, 0.2) is 36.0 Å². The summed E-state index contributed by atoms with van der Waals surface area (Å²) in [6.45, 7) is 6.94. The lowest BCUT2D eigenvalue weighted by Crippen LogP contribution is -2.48. The molecule has 2 bridgehead atoms. The number of aliphatic hydroxyl groups excluding tert-OH is 3. The SMILES string of the molecule is C=C1C(=O)O[C@@H]2/C=C3/CC[C@]4(O)O[C@]4(C[C@H](O[C@@H](O)C(=C)CO)[C@H]12)[C@H](O)OC3. The zero-order chi connectivity index (χ0) is 20.3. The maximum atomic E-state index is 12.2. The van der Waals surface area contributed by atoms with Crippen molar-refractivity contribution in [3.8, 4) is 0 Å². The van der Waals surface area contributed by atoms with Gasteiger partial charge in [-0.3, -0.25) is 0 Å². The van der Waals surface area contributed by atoms with Crippen molar-refractivity contribution in [2.75, 3.05) is 13.2 Å². The molecule has 3 saturated heterocycles. The standard InChI is InChI=1S/C19H24O9/c1-9(7-20)15(21)27-13-6-18-17(23)25-8-11(3-4-19(18,24)28-18)5-12-14(13)10(2)16(22)26-12/h5,12-15,17,20-21,23-24H,1-4,6-8H2/b11-5-/t12-,13+,14-,15-,17-,18-,19+/m1/s1. The van der Waals surface area contributed by atoms with E-state index in [-0.39, 0.29) is 30.6 Å². The Kier molecular flexibility index (Phi) is 4.74. The van der Waals surface area contributed by atoms with E-state index in [4.69, 9.17) is 18.9 Å². The van der Waals surface area contributed by atoms with Crippen LogP contribution in [0.1, 0.15) is 19.3 Å². The zero-order valence-corrected chi connectivity index (χ0v) is 15.2. The van der Waals surface area contributed by atoms with Crippen molar-refractivity contribution in [2.24, 2.45) is 5.92 Å². The first-order valence-electron chi connectivity index (χ1n) is 9.14. The Balaban J connectivity index is 1.76. The highest BCUT2D eigenvalue weighted by molar-refractivity contribution is 5.91. The van der Waals surface area contributed by atoms with Crippen LogP contribution in [-0.2, 0) is 23.7 Å². The summed E-state index contributed by atoms with van der Waals surface area (Å²) in [5.41, 5.74) is -0.568. The van der Waals surface area contributed by atoms with Crippen molar-refractivity contribution in [3.63, 3.8) is 0 Å². The number of carbonyl (C=O) groups excluding carboxylic acids is 1. The Hall–Kier alpha value is -1.59. The number of rotatable bonds is 4. The predicted octanol–water partition coefficient (Wildman–Crippen LogP) is -0.747. The van der Waals surface area contributed by atoms with Gasteiger partial charge in [0.2, 0.25) is 5.79 Å². The van der Waals surface area contributed by atoms with Crippen LogP contribution in [-0.4, -0.2) is 75.8 Å². The average molecular weight is 396 g/mol. The molecule has 3 fully saturated rings. The number of carbonyl (C=O) groups is 1. The van der Waals surface area contributed by atoms with Gasteiger partial charge >= 0.3 is 5.97 Å². The molecule has 0 saturated carbocycles. The first kappa shape index (κ1) is 19.7. The molecule has 0 aromatic rings. The molecule has 9 heteroatoms. The minimum Gasteiger partial charge on any atom is -0.454 e. The Bertz CT molecular complexity index is 746. The van der Waals surface area contributed by atoms with E-state index < -0.39 is 54.7 Å². The van der Waals surface area contributed by atoms with E-state index in [2.05, 4.69) is 13.2 Å². The van der Waals surface area contributed by atoms with Gasteiger partial charge in [-0.1, -0.05) is 13.2 Å². The van der Waals surface area contributed by atoms with Gasteiger partial charge in [0.05, 0.1) is 25.2 Å². The quantitative estimate of drug-likeness (QED) is 0.159. The van der Waals surface area contributed by atoms with Gasteiger partial charge in [0.15, 0.2) is 18.2 Å². The number of esters is 1. The Morgan fingerprint density at radius 1 is 1.46 bits per heavy atom. The largest absolute Gasteiger partial charge is 0.454 e. The predicted molar refractivity (Wildman–Crippen MR) is 92.3 cm³/mol. The maximum absolute atomic E-state index is 12.2. The van der Waals surface area contributed by atoms with E-state index >= 15 is 0 Å². The fraction of sp³-hybridized carbons (Fsp3) is 0.632. The van der Waals surface area contributed by atoms with Crippen molar-refractivity contribution in [1.29, 1.82) is 0 Å². The van der Waals surface area contributed by atoms with Gasteiger partial charge in [-0.15, -0.1) is 0 Å². The van der Waals surface area contributed by atoms with Crippen molar-refractivity contribution in [2.45, 2.75) is 55.4 Å². The van der Waals surface area contributed by atoms with Crippen molar-refractivity contribution >= 4 is 5.97 Å². The molecule has 28 heavy (non-hydrogen) atoms. The number of hydrogen-bond acceptors (Lipinski definition) is 9. The molecule has 4 heterocycles. The molecule has 5 rings (SSSR count). The van der Waals surface area contributed by atoms with Crippen molar-refractivity contribution < 1.29 is 44.2 Å². The topological polar surface area (TPSA) is 138 Å². The molecule has 5 aliphatic rings. The number of epoxide rings is 1. The molecule has 4 N–H and O–H groups in total. The minimum absolute atomic E-state index is 0.0191. The van der Waals surface area contributed by atoms with Crippen LogP contribution in [0, 0.1) is 5.92 Å². The third-order valence-electron chi connectivity index (χ3n) is 6.00. The van der Waals surface area contributed by atoms with Crippen molar-refractivity contribution in [3.05, 3.63) is 36.0 Å². The van der Waals surface area contributed by atoms with Gasteiger partial charge in [-0.05, 0) is 18.1 Å². The van der Waals surface area contributed by atoms with Crippen LogP contribution in [0.25, 0.3) is 0 Å². The van der Waals surface area contributed by atoms with Gasteiger partial charge in [0, 0.05) is 24.0 Å². The molecule has 0 unspecified atom stereocenters. The zero-order valence-electron chi connectivity index (χ0n) is 15.2. The number of fused-ring (bicyclic) bond motifs is 4. The highest BCUT2D eigenvalue weighted by Gasteiger charge is 2.75. The van der Waals surface area contributed by atoms with Crippen LogP contribution in [0.4, 0.5) is 0 Å². The highest BCUT2D eigenvalue weighted by Crippen LogP contribution is 2.58. The lowest BCUT2D eigenvalue weighted by Gasteiger charge is -2.35. The second kappa shape index (κ2) is 6.74.